The fourth-order valence-electron chi connectivity index (χ4n) is 3.90. The number of nitrogens with one attached hydrogen (secondary N) is 1. The smallest absolute Gasteiger partial charge is 0.343 e. The lowest BCUT2D eigenvalue weighted by molar-refractivity contribution is -0.385. The van der Waals surface area contributed by atoms with Crippen LogP contribution in [-0.4, -0.2) is 38.2 Å². The second-order valence-electron chi connectivity index (χ2n) is 7.97. The van der Waals surface area contributed by atoms with Crippen molar-refractivity contribution in [2.24, 2.45) is 0 Å². The number of amides is 1. The van der Waals surface area contributed by atoms with Crippen LogP contribution in [-0.2, 0) is 4.74 Å². The minimum absolute atomic E-state index is 0.0348. The molecule has 0 fully saturated rings. The quantitative estimate of drug-likeness (QED) is 0.244. The normalized spacial score (nSPS) is 10.9. The Bertz CT molecular complexity index is 1490. The Morgan fingerprint density at radius 1 is 1.09 bits per heavy atom. The van der Waals surface area contributed by atoms with Crippen LogP contribution in [0.15, 0.2) is 48.7 Å². The van der Waals surface area contributed by atoms with E-state index in [-0.39, 0.29) is 34.8 Å². The molecule has 1 amide bonds. The van der Waals surface area contributed by atoms with Crippen molar-refractivity contribution in [2.75, 3.05) is 11.9 Å². The monoisotopic (exact) mass is 473 g/mol. The first-order chi connectivity index (χ1) is 16.7. The van der Waals surface area contributed by atoms with E-state index in [0.29, 0.717) is 5.82 Å². The SMILES string of the molecule is CCOC(=O)c1cnn(-c2cc(C)c3cccc(C)c3n2)c1NC(=O)c1cccc([N+](=O)[O-])c1C. The number of esters is 1. The van der Waals surface area contributed by atoms with Gasteiger partial charge in [0.05, 0.1) is 23.2 Å². The van der Waals surface area contributed by atoms with Crippen LogP contribution in [0.25, 0.3) is 16.7 Å². The van der Waals surface area contributed by atoms with E-state index in [4.69, 9.17) is 9.72 Å². The molecule has 0 radical (unpaired) electrons. The number of aryl methyl sites for hydroxylation is 2. The molecular weight excluding hydrogens is 450 g/mol. The Kier molecular flexibility index (Phi) is 6.28. The van der Waals surface area contributed by atoms with Crippen LogP contribution in [0.3, 0.4) is 0 Å². The molecule has 0 saturated carbocycles. The summed E-state index contributed by atoms with van der Waals surface area (Å²) in [6.45, 7) is 7.18. The zero-order valence-corrected chi connectivity index (χ0v) is 19.7. The van der Waals surface area contributed by atoms with Crippen molar-refractivity contribution in [3.8, 4) is 5.82 Å². The van der Waals surface area contributed by atoms with E-state index in [1.807, 2.05) is 32.0 Å². The first kappa shape index (κ1) is 23.6. The maximum atomic E-state index is 13.2. The van der Waals surface area contributed by atoms with Crippen LogP contribution in [0.4, 0.5) is 11.5 Å². The van der Waals surface area contributed by atoms with Crippen LogP contribution in [0.1, 0.15) is 44.3 Å². The zero-order valence-electron chi connectivity index (χ0n) is 19.7. The summed E-state index contributed by atoms with van der Waals surface area (Å²) in [5, 5.41) is 19.3. The third-order valence-corrected chi connectivity index (χ3v) is 5.69. The van der Waals surface area contributed by atoms with E-state index in [9.17, 15) is 19.7 Å². The molecule has 178 valence electrons. The fraction of sp³-hybridized carbons (Fsp3) is 0.200. The number of pyridine rings is 1. The van der Waals surface area contributed by atoms with E-state index in [2.05, 4.69) is 10.4 Å². The highest BCUT2D eigenvalue weighted by molar-refractivity contribution is 6.08. The molecule has 35 heavy (non-hydrogen) atoms. The number of para-hydroxylation sites is 1. The summed E-state index contributed by atoms with van der Waals surface area (Å²) in [5.74, 6) is -0.851. The van der Waals surface area contributed by atoms with Gasteiger partial charge in [-0.15, -0.1) is 0 Å². The topological polar surface area (TPSA) is 129 Å². The lowest BCUT2D eigenvalue weighted by atomic mass is 10.1. The number of carbonyl (C=O) groups is 2. The molecular formula is C25H23N5O5. The van der Waals surface area contributed by atoms with Gasteiger partial charge in [-0.3, -0.25) is 14.9 Å². The Hall–Kier alpha value is -4.60. The molecule has 10 heteroatoms. The Morgan fingerprint density at radius 2 is 1.83 bits per heavy atom. The number of aromatic nitrogens is 3. The first-order valence-corrected chi connectivity index (χ1v) is 10.9. The Labute approximate surface area is 200 Å². The molecule has 4 rings (SSSR count). The van der Waals surface area contributed by atoms with Gasteiger partial charge in [0.25, 0.3) is 11.6 Å². The summed E-state index contributed by atoms with van der Waals surface area (Å²) in [6, 6.07) is 11.9. The number of ether oxygens (including phenoxy) is 1. The number of hydrogen-bond donors (Lipinski definition) is 1. The van der Waals surface area contributed by atoms with E-state index < -0.39 is 16.8 Å². The number of carbonyl (C=O) groups excluding carboxylic acids is 2. The van der Waals surface area contributed by atoms with Gasteiger partial charge in [-0.1, -0.05) is 24.3 Å². The largest absolute Gasteiger partial charge is 0.462 e. The van der Waals surface area contributed by atoms with Crippen LogP contribution >= 0.6 is 0 Å². The maximum absolute atomic E-state index is 13.2. The zero-order chi connectivity index (χ0) is 25.3. The number of anilines is 1. The predicted octanol–water partition coefficient (Wildman–Crippen LogP) is 4.68. The van der Waals surface area contributed by atoms with Crippen molar-refractivity contribution in [1.29, 1.82) is 0 Å². The molecule has 0 atom stereocenters. The minimum Gasteiger partial charge on any atom is -0.462 e. The number of rotatable bonds is 6. The standard InChI is InChI=1S/C25H23N5O5/c1-5-35-25(32)19-13-26-29(21-12-15(3)17-9-6-8-14(2)22(17)27-21)23(19)28-24(31)18-10-7-11-20(16(18)4)30(33)34/h6-13H,5H2,1-4H3,(H,28,31). The summed E-state index contributed by atoms with van der Waals surface area (Å²) in [6.07, 6.45) is 1.30. The molecule has 0 bridgehead atoms. The van der Waals surface area contributed by atoms with Gasteiger partial charge in [0.2, 0.25) is 0 Å². The Balaban J connectivity index is 1.85. The molecule has 0 aliphatic rings. The summed E-state index contributed by atoms with van der Waals surface area (Å²) in [7, 11) is 0. The lowest BCUT2D eigenvalue weighted by Crippen LogP contribution is -2.19. The van der Waals surface area contributed by atoms with Crippen LogP contribution in [0.2, 0.25) is 0 Å². The minimum atomic E-state index is -0.668. The predicted molar refractivity (Wildman–Crippen MR) is 130 cm³/mol. The Morgan fingerprint density at radius 3 is 2.54 bits per heavy atom. The van der Waals surface area contributed by atoms with Gasteiger partial charge in [0.15, 0.2) is 11.6 Å². The molecule has 1 N–H and O–H groups in total. The molecule has 0 saturated heterocycles. The highest BCUT2D eigenvalue weighted by Crippen LogP contribution is 2.27. The summed E-state index contributed by atoms with van der Waals surface area (Å²) >= 11 is 0. The molecule has 4 aromatic rings. The number of nitro benzene ring substituents is 1. The third kappa shape index (κ3) is 4.33. The van der Waals surface area contributed by atoms with Gasteiger partial charge in [-0.25, -0.2) is 9.78 Å². The maximum Gasteiger partial charge on any atom is 0.343 e. The number of nitro groups is 1. The van der Waals surface area contributed by atoms with Crippen LogP contribution in [0.5, 0.6) is 0 Å². The average molecular weight is 473 g/mol. The molecule has 2 heterocycles. The van der Waals surface area contributed by atoms with Crippen molar-refractivity contribution in [3.63, 3.8) is 0 Å². The second-order valence-corrected chi connectivity index (χ2v) is 7.97. The van der Waals surface area contributed by atoms with Gasteiger partial charge in [-0.2, -0.15) is 9.78 Å². The van der Waals surface area contributed by atoms with Gasteiger partial charge in [0.1, 0.15) is 5.56 Å². The number of fused-ring (bicyclic) bond motifs is 1. The second kappa shape index (κ2) is 9.34. The van der Waals surface area contributed by atoms with Crippen molar-refractivity contribution < 1.29 is 19.2 Å². The number of nitrogens with zero attached hydrogens (tertiary/aromatic N) is 4. The van der Waals surface area contributed by atoms with Crippen molar-refractivity contribution in [1.82, 2.24) is 14.8 Å². The van der Waals surface area contributed by atoms with Gasteiger partial charge in [0, 0.05) is 22.6 Å². The van der Waals surface area contributed by atoms with Crippen molar-refractivity contribution in [3.05, 3.63) is 86.6 Å². The van der Waals surface area contributed by atoms with E-state index in [1.165, 1.54) is 36.0 Å². The molecule has 0 unspecified atom stereocenters. The van der Waals surface area contributed by atoms with Gasteiger partial charge >= 0.3 is 5.97 Å². The molecule has 0 aliphatic carbocycles. The number of benzene rings is 2. The van der Waals surface area contributed by atoms with Crippen LogP contribution in [0, 0.1) is 30.9 Å². The van der Waals surface area contributed by atoms with Gasteiger partial charge in [-0.05, 0) is 51.0 Å². The summed E-state index contributed by atoms with van der Waals surface area (Å²) < 4.78 is 6.50. The summed E-state index contributed by atoms with van der Waals surface area (Å²) in [4.78, 5) is 41.3. The lowest BCUT2D eigenvalue weighted by Gasteiger charge is -2.13. The van der Waals surface area contributed by atoms with E-state index in [1.54, 1.807) is 13.0 Å². The first-order valence-electron chi connectivity index (χ1n) is 10.9. The average Bonchev–Trinajstić information content (AvgIpc) is 3.23. The van der Waals surface area contributed by atoms with Crippen molar-refractivity contribution in [2.45, 2.75) is 27.7 Å². The van der Waals surface area contributed by atoms with Crippen LogP contribution < -0.4 is 5.32 Å². The third-order valence-electron chi connectivity index (χ3n) is 5.69. The molecule has 2 aromatic carbocycles. The van der Waals surface area contributed by atoms with E-state index in [0.717, 1.165) is 22.0 Å². The highest BCUT2D eigenvalue weighted by atomic mass is 16.6. The molecule has 10 nitrogen and oxygen atoms in total. The number of hydrogen-bond acceptors (Lipinski definition) is 7. The van der Waals surface area contributed by atoms with E-state index >= 15 is 0 Å². The molecule has 2 aromatic heterocycles. The van der Waals surface area contributed by atoms with Crippen molar-refractivity contribution >= 4 is 34.3 Å². The molecule has 0 spiro atoms. The fourth-order valence-corrected chi connectivity index (χ4v) is 3.90. The summed E-state index contributed by atoms with van der Waals surface area (Å²) in [5.41, 5.74) is 2.82. The van der Waals surface area contributed by atoms with Gasteiger partial charge < -0.3 is 10.1 Å². The molecule has 0 aliphatic heterocycles. The highest BCUT2D eigenvalue weighted by Gasteiger charge is 2.25.